The van der Waals surface area contributed by atoms with Gasteiger partial charge in [-0.25, -0.2) is 8.42 Å². The molecule has 8 nitrogen and oxygen atoms in total. The zero-order valence-electron chi connectivity index (χ0n) is 16.1. The zero-order valence-corrected chi connectivity index (χ0v) is 17.7. The molecule has 1 N–H and O–H groups in total. The molecule has 0 aliphatic carbocycles. The number of nitrogens with one attached hydrogen (secondary N) is 1. The third-order valence-electron chi connectivity index (χ3n) is 4.29. The van der Waals surface area contributed by atoms with E-state index in [9.17, 15) is 13.2 Å². The molecule has 10 heteroatoms. The molecule has 156 valence electrons. The predicted octanol–water partition coefficient (Wildman–Crippen LogP) is 2.91. The quantitative estimate of drug-likeness (QED) is 0.742. The third kappa shape index (κ3) is 4.68. The number of nitrogens with zero attached hydrogens (tertiary/aromatic N) is 1. The molecule has 2 aromatic carbocycles. The van der Waals surface area contributed by atoms with Gasteiger partial charge in [-0.05, 0) is 37.3 Å². The summed E-state index contributed by atoms with van der Waals surface area (Å²) in [7, 11) is -2.28. The minimum absolute atomic E-state index is 0.298. The minimum Gasteiger partial charge on any atom is -0.495 e. The summed E-state index contributed by atoms with van der Waals surface area (Å²) in [6.07, 6.45) is 1.04. The van der Waals surface area contributed by atoms with Crippen molar-refractivity contribution >= 4 is 38.9 Å². The van der Waals surface area contributed by atoms with Gasteiger partial charge in [0.15, 0.2) is 11.5 Å². The topological polar surface area (TPSA) is 94.2 Å². The molecule has 0 spiro atoms. The molecule has 0 fully saturated rings. The second-order valence-electron chi connectivity index (χ2n) is 6.40. The van der Waals surface area contributed by atoms with Crippen LogP contribution in [0.3, 0.4) is 0 Å². The Hall–Kier alpha value is -2.65. The number of fused-ring (bicyclic) bond motifs is 1. The number of carbonyl (C=O) groups excluding carboxylic acids is 1. The first-order valence-electron chi connectivity index (χ1n) is 8.74. The largest absolute Gasteiger partial charge is 0.495 e. The summed E-state index contributed by atoms with van der Waals surface area (Å²) in [6, 6.07) is 8.46. The Kier molecular flexibility index (Phi) is 6.09. The van der Waals surface area contributed by atoms with Gasteiger partial charge in [0, 0.05) is 11.8 Å². The number of amides is 1. The first-order chi connectivity index (χ1) is 13.7. The van der Waals surface area contributed by atoms with Gasteiger partial charge in [-0.2, -0.15) is 0 Å². The van der Waals surface area contributed by atoms with Gasteiger partial charge in [-0.15, -0.1) is 0 Å². The van der Waals surface area contributed by atoms with E-state index in [-0.39, 0.29) is 0 Å². The standard InChI is InChI=1S/C19H21ClN2O6S/c1-12(19(23)21-13-4-6-16(26-2)15(20)10-13)22(29(3,24)25)14-5-7-17-18(11-14)28-9-8-27-17/h4-7,10-12H,8-9H2,1-3H3,(H,21,23)/t12-/m0/s1. The van der Waals surface area contributed by atoms with Gasteiger partial charge in [0.2, 0.25) is 15.9 Å². The van der Waals surface area contributed by atoms with Crippen molar-refractivity contribution in [2.75, 3.05) is 36.2 Å². The Balaban J connectivity index is 1.87. The minimum atomic E-state index is -3.77. The van der Waals surface area contributed by atoms with E-state index in [1.165, 1.54) is 20.1 Å². The molecule has 29 heavy (non-hydrogen) atoms. The lowest BCUT2D eigenvalue weighted by Crippen LogP contribution is -2.45. The summed E-state index contributed by atoms with van der Waals surface area (Å²) < 4.78 is 42.1. The number of benzene rings is 2. The van der Waals surface area contributed by atoms with Gasteiger partial charge in [-0.1, -0.05) is 11.6 Å². The maximum absolute atomic E-state index is 12.8. The van der Waals surface area contributed by atoms with Crippen molar-refractivity contribution in [3.8, 4) is 17.2 Å². The maximum atomic E-state index is 12.8. The van der Waals surface area contributed by atoms with E-state index >= 15 is 0 Å². The van der Waals surface area contributed by atoms with Gasteiger partial charge >= 0.3 is 0 Å². The number of anilines is 2. The molecule has 3 rings (SSSR count). The van der Waals surface area contributed by atoms with Crippen molar-refractivity contribution in [3.05, 3.63) is 41.4 Å². The molecule has 1 atom stereocenters. The molecule has 1 heterocycles. The Morgan fingerprint density at radius 1 is 1.17 bits per heavy atom. The fourth-order valence-corrected chi connectivity index (χ4v) is 4.39. The average molecular weight is 441 g/mol. The summed E-state index contributed by atoms with van der Waals surface area (Å²) in [4.78, 5) is 12.8. The third-order valence-corrected chi connectivity index (χ3v) is 5.83. The SMILES string of the molecule is COc1ccc(NC(=O)[C@H](C)N(c2ccc3c(c2)OCCO3)S(C)(=O)=O)cc1Cl. The summed E-state index contributed by atoms with van der Waals surface area (Å²) in [5.41, 5.74) is 0.718. The highest BCUT2D eigenvalue weighted by molar-refractivity contribution is 7.92. The number of ether oxygens (including phenoxy) is 3. The van der Waals surface area contributed by atoms with Crippen LogP contribution in [0.25, 0.3) is 0 Å². The van der Waals surface area contributed by atoms with Crippen LogP contribution in [0.5, 0.6) is 17.2 Å². The number of rotatable bonds is 6. The monoisotopic (exact) mass is 440 g/mol. The molecule has 0 bridgehead atoms. The average Bonchev–Trinajstić information content (AvgIpc) is 2.67. The van der Waals surface area contributed by atoms with Crippen molar-refractivity contribution in [3.63, 3.8) is 0 Å². The molecule has 0 unspecified atom stereocenters. The molecule has 0 saturated carbocycles. The summed E-state index contributed by atoms with van der Waals surface area (Å²) in [5, 5.41) is 3.00. The van der Waals surface area contributed by atoms with Crippen molar-refractivity contribution in [2.24, 2.45) is 0 Å². The molecule has 1 aliphatic rings. The molecular weight excluding hydrogens is 420 g/mol. The van der Waals surface area contributed by atoms with Gasteiger partial charge in [0.25, 0.3) is 0 Å². The van der Waals surface area contributed by atoms with Crippen molar-refractivity contribution < 1.29 is 27.4 Å². The van der Waals surface area contributed by atoms with Crippen LogP contribution in [0.1, 0.15) is 6.92 Å². The highest BCUT2D eigenvalue weighted by atomic mass is 35.5. The van der Waals surface area contributed by atoms with Gasteiger partial charge < -0.3 is 19.5 Å². The molecule has 1 amide bonds. The Bertz CT molecular complexity index is 1030. The van der Waals surface area contributed by atoms with Crippen LogP contribution in [-0.2, 0) is 14.8 Å². The number of hydrogen-bond acceptors (Lipinski definition) is 6. The predicted molar refractivity (Wildman–Crippen MR) is 111 cm³/mol. The highest BCUT2D eigenvalue weighted by Gasteiger charge is 2.30. The molecule has 0 radical (unpaired) electrons. The number of hydrogen-bond donors (Lipinski definition) is 1. The van der Waals surface area contributed by atoms with Crippen LogP contribution in [0.4, 0.5) is 11.4 Å². The first-order valence-corrected chi connectivity index (χ1v) is 11.0. The lowest BCUT2D eigenvalue weighted by Gasteiger charge is -2.29. The van der Waals surface area contributed by atoms with E-state index in [0.717, 1.165) is 10.6 Å². The van der Waals surface area contributed by atoms with Crippen molar-refractivity contribution in [1.29, 1.82) is 0 Å². The molecular formula is C19H21ClN2O6S. The van der Waals surface area contributed by atoms with Crippen LogP contribution in [0.2, 0.25) is 5.02 Å². The van der Waals surface area contributed by atoms with Crippen LogP contribution < -0.4 is 23.8 Å². The van der Waals surface area contributed by atoms with Gasteiger partial charge in [0.05, 0.1) is 24.1 Å². The highest BCUT2D eigenvalue weighted by Crippen LogP contribution is 2.35. The van der Waals surface area contributed by atoms with Crippen LogP contribution in [0.15, 0.2) is 36.4 Å². The summed E-state index contributed by atoms with van der Waals surface area (Å²) in [5.74, 6) is 0.897. The fraction of sp³-hybridized carbons (Fsp3) is 0.316. The second-order valence-corrected chi connectivity index (χ2v) is 8.67. The smallest absolute Gasteiger partial charge is 0.247 e. The van der Waals surface area contributed by atoms with E-state index in [1.54, 1.807) is 30.3 Å². The maximum Gasteiger partial charge on any atom is 0.247 e. The molecule has 0 saturated heterocycles. The van der Waals surface area contributed by atoms with Gasteiger partial charge in [-0.3, -0.25) is 9.10 Å². The lowest BCUT2D eigenvalue weighted by atomic mass is 10.2. The van der Waals surface area contributed by atoms with Crippen LogP contribution in [-0.4, -0.2) is 46.9 Å². The first kappa shape index (κ1) is 21.1. The number of methoxy groups -OCH3 is 1. The van der Waals surface area contributed by atoms with Crippen molar-refractivity contribution in [2.45, 2.75) is 13.0 Å². The number of sulfonamides is 1. The Morgan fingerprint density at radius 3 is 2.48 bits per heavy atom. The number of carbonyl (C=O) groups is 1. The second kappa shape index (κ2) is 8.38. The van der Waals surface area contributed by atoms with E-state index in [4.69, 9.17) is 25.8 Å². The Morgan fingerprint density at radius 2 is 1.86 bits per heavy atom. The summed E-state index contributed by atoms with van der Waals surface area (Å²) >= 11 is 6.08. The Labute approximate surface area is 174 Å². The zero-order chi connectivity index (χ0) is 21.2. The summed E-state index contributed by atoms with van der Waals surface area (Å²) in [6.45, 7) is 2.29. The lowest BCUT2D eigenvalue weighted by molar-refractivity contribution is -0.116. The van der Waals surface area contributed by atoms with E-state index in [0.29, 0.717) is 46.9 Å². The van der Waals surface area contributed by atoms with Gasteiger partial charge in [0.1, 0.15) is 25.0 Å². The van der Waals surface area contributed by atoms with E-state index in [2.05, 4.69) is 5.32 Å². The molecule has 2 aromatic rings. The fourth-order valence-electron chi connectivity index (χ4n) is 2.97. The number of halogens is 1. The van der Waals surface area contributed by atoms with Crippen LogP contribution in [0, 0.1) is 0 Å². The molecule has 0 aromatic heterocycles. The van der Waals surface area contributed by atoms with Crippen molar-refractivity contribution in [1.82, 2.24) is 0 Å². The van der Waals surface area contributed by atoms with Crippen LogP contribution >= 0.6 is 11.6 Å². The normalized spacial score (nSPS) is 14.1. The molecule has 1 aliphatic heterocycles. The van der Waals surface area contributed by atoms with E-state index < -0.39 is 22.0 Å². The van der Waals surface area contributed by atoms with E-state index in [1.807, 2.05) is 0 Å².